The van der Waals surface area contributed by atoms with E-state index in [2.05, 4.69) is 5.32 Å². The summed E-state index contributed by atoms with van der Waals surface area (Å²) in [7, 11) is 2.88. The van der Waals surface area contributed by atoms with Gasteiger partial charge in [-0.15, -0.1) is 5.23 Å². The number of likely N-dealkylation sites (N-methyl/N-ethyl adjacent to an activating group) is 1. The Balaban J connectivity index is 1.94. The maximum Gasteiger partial charge on any atom is 0.339 e. The number of nitrogens with one attached hydrogen (secondary N) is 1. The van der Waals surface area contributed by atoms with E-state index in [0.717, 1.165) is 0 Å². The number of allylic oxidation sites excluding steroid dienone is 9. The van der Waals surface area contributed by atoms with Gasteiger partial charge in [0, 0.05) is 20.7 Å². The van der Waals surface area contributed by atoms with Crippen molar-refractivity contribution in [2.45, 2.75) is 97.4 Å². The molecule has 0 aromatic rings. The van der Waals surface area contributed by atoms with Crippen LogP contribution in [0, 0.1) is 17.3 Å². The molecule has 2 saturated heterocycles. The zero-order valence-electron chi connectivity index (χ0n) is 30.2. The van der Waals surface area contributed by atoms with E-state index in [1.807, 2.05) is 0 Å². The van der Waals surface area contributed by atoms with Gasteiger partial charge in [-0.1, -0.05) is 68.5 Å². The largest absolute Gasteiger partial charge is 0.457 e. The number of cyclic esters (lactones) is 1. The van der Waals surface area contributed by atoms with Crippen LogP contribution >= 0.6 is 0 Å². The van der Waals surface area contributed by atoms with E-state index in [1.54, 1.807) is 110 Å². The van der Waals surface area contributed by atoms with E-state index in [1.165, 1.54) is 19.1 Å². The molecule has 0 aliphatic carbocycles. The van der Waals surface area contributed by atoms with Gasteiger partial charge in [0.25, 0.3) is 0 Å². The molecule has 0 aromatic carbocycles. The van der Waals surface area contributed by atoms with Crippen molar-refractivity contribution in [1.29, 1.82) is 0 Å². The van der Waals surface area contributed by atoms with Crippen LogP contribution in [0.1, 0.15) is 61.8 Å². The van der Waals surface area contributed by atoms with Gasteiger partial charge in [-0.05, 0) is 65.0 Å². The van der Waals surface area contributed by atoms with Crippen molar-refractivity contribution in [3.63, 3.8) is 0 Å². The molecule has 0 aromatic heterocycles. The molecule has 2 heterocycles. The van der Waals surface area contributed by atoms with Crippen molar-refractivity contribution in [2.75, 3.05) is 20.7 Å². The molecule has 2 fully saturated rings. The van der Waals surface area contributed by atoms with Crippen LogP contribution in [0.15, 0.2) is 71.5 Å². The van der Waals surface area contributed by atoms with Crippen molar-refractivity contribution < 1.29 is 49.6 Å². The highest BCUT2D eigenvalue weighted by atomic mass is 16.8. The number of likely N-dealkylation sites (tertiary alicyclic amines) is 1. The Labute approximate surface area is 289 Å². The Kier molecular flexibility index (Phi) is 14.3. The number of aliphatic hydroxyl groups excluding tert-OH is 2. The lowest BCUT2D eigenvalue weighted by molar-refractivity contribution is -0.278. The van der Waals surface area contributed by atoms with E-state index in [0.29, 0.717) is 11.1 Å². The Bertz CT molecular complexity index is 1400. The van der Waals surface area contributed by atoms with Crippen LogP contribution in [0.4, 0.5) is 0 Å². The third-order valence-corrected chi connectivity index (χ3v) is 10.1. The average Bonchev–Trinajstić information content (AvgIpc) is 3.22. The summed E-state index contributed by atoms with van der Waals surface area (Å²) in [4.78, 5) is 39.8. The summed E-state index contributed by atoms with van der Waals surface area (Å²) < 4.78 is 10.9. The van der Waals surface area contributed by atoms with Crippen LogP contribution in [-0.4, -0.2) is 110 Å². The molecule has 0 bridgehead atoms. The number of carbonyl (C=O) groups excluding carboxylic acids is 3. The fraction of sp³-hybridized carbons (Fsp3) is 0.583. The summed E-state index contributed by atoms with van der Waals surface area (Å²) in [6, 6.07) is 0. The van der Waals surface area contributed by atoms with Crippen LogP contribution < -0.4 is 5.32 Å². The number of carbonyl (C=O) groups is 3. The first-order valence-electron chi connectivity index (χ1n) is 16.3. The van der Waals surface area contributed by atoms with Crippen molar-refractivity contribution in [2.24, 2.45) is 17.3 Å². The Morgan fingerprint density at radius 2 is 1.73 bits per heavy atom. The number of esters is 1. The number of hydrogen-bond donors (Lipinski definition) is 6. The summed E-state index contributed by atoms with van der Waals surface area (Å²) in [5.41, 5.74) is -3.08. The number of hydroxylamine groups is 2. The highest BCUT2D eigenvalue weighted by Gasteiger charge is 2.80. The van der Waals surface area contributed by atoms with Crippen LogP contribution in [0.3, 0.4) is 0 Å². The normalized spacial score (nSPS) is 28.0. The summed E-state index contributed by atoms with van der Waals surface area (Å²) in [5.74, 6) is -2.79. The number of rotatable bonds is 16. The fourth-order valence-electron chi connectivity index (χ4n) is 6.48. The van der Waals surface area contributed by atoms with Crippen LogP contribution in [-0.2, 0) is 23.9 Å². The Morgan fingerprint density at radius 1 is 1.10 bits per heavy atom. The molecule has 1 spiro atoms. The number of hydrogen-bond acceptors (Lipinski definition) is 11. The summed E-state index contributed by atoms with van der Waals surface area (Å²) in [5, 5.41) is 54.6. The van der Waals surface area contributed by atoms with Gasteiger partial charge in [-0.25, -0.2) is 4.79 Å². The third-order valence-electron chi connectivity index (χ3n) is 10.1. The number of ether oxygens (including phenoxy) is 2. The molecule has 2 aliphatic heterocycles. The molecule has 0 saturated carbocycles. The highest BCUT2D eigenvalue weighted by Crippen LogP contribution is 2.54. The predicted octanol–water partition coefficient (Wildman–Crippen LogP) is 2.96. The molecule has 13 nitrogen and oxygen atoms in total. The number of methoxy groups -OCH3 is 1. The number of aliphatic hydroxyl groups is 3. The summed E-state index contributed by atoms with van der Waals surface area (Å²) >= 11 is 0. The van der Waals surface area contributed by atoms with Gasteiger partial charge in [-0.2, -0.15) is 0 Å². The minimum Gasteiger partial charge on any atom is -0.457 e. The fourth-order valence-corrected chi connectivity index (χ4v) is 6.48. The molecule has 6 N–H and O–H groups in total. The van der Waals surface area contributed by atoms with E-state index >= 15 is 0 Å². The minimum absolute atomic E-state index is 0.0519. The monoisotopic (exact) mass is 689 g/mol. The van der Waals surface area contributed by atoms with Crippen LogP contribution in [0.2, 0.25) is 0 Å². The SMILES string of the molecule is CO[C@@H](C[C@@H](C)[C@@H](O)/C=C/C=C/CNC(=O)C(C)(C)[C@H](O)/C(C)=C/C=C/C=C/C(C)=C(\C)N(O)O)[C@]1(O)[C@@H](C)C(=O)N(C)[C@]12C(=O)O[C@@H]2C. The average molecular weight is 690 g/mol. The second-order valence-electron chi connectivity index (χ2n) is 13.5. The molecule has 274 valence electrons. The summed E-state index contributed by atoms with van der Waals surface area (Å²) in [6.45, 7) is 13.4. The van der Waals surface area contributed by atoms with E-state index in [4.69, 9.17) is 19.9 Å². The molecule has 0 unspecified atom stereocenters. The Morgan fingerprint density at radius 3 is 2.29 bits per heavy atom. The molecular formula is C36H55N3O10. The highest BCUT2D eigenvalue weighted by molar-refractivity contribution is 5.99. The van der Waals surface area contributed by atoms with Crippen molar-refractivity contribution in [3.05, 3.63) is 71.5 Å². The van der Waals surface area contributed by atoms with Gasteiger partial charge in [-0.3, -0.25) is 20.0 Å². The van der Waals surface area contributed by atoms with Crippen molar-refractivity contribution >= 4 is 17.8 Å². The lowest BCUT2D eigenvalue weighted by Crippen LogP contribution is -2.80. The zero-order valence-corrected chi connectivity index (χ0v) is 30.2. The van der Waals surface area contributed by atoms with E-state index < -0.39 is 58.8 Å². The first-order valence-corrected chi connectivity index (χ1v) is 16.3. The second-order valence-corrected chi connectivity index (χ2v) is 13.5. The van der Waals surface area contributed by atoms with Gasteiger partial charge in [0.15, 0.2) is 0 Å². The lowest BCUT2D eigenvalue weighted by Gasteiger charge is -2.55. The maximum atomic E-state index is 12.9. The lowest BCUT2D eigenvalue weighted by atomic mass is 9.65. The maximum absolute atomic E-state index is 12.9. The van der Waals surface area contributed by atoms with Crippen LogP contribution in [0.5, 0.6) is 0 Å². The first kappa shape index (κ1) is 41.6. The molecule has 2 aliphatic rings. The van der Waals surface area contributed by atoms with Gasteiger partial charge in [0.1, 0.15) is 11.7 Å². The Hall–Kier alpha value is -3.59. The quantitative estimate of drug-likeness (QED) is 0.0794. The molecule has 13 heteroatoms. The second kappa shape index (κ2) is 16.9. The third kappa shape index (κ3) is 8.25. The summed E-state index contributed by atoms with van der Waals surface area (Å²) in [6.07, 6.45) is 11.5. The van der Waals surface area contributed by atoms with Crippen molar-refractivity contribution in [3.8, 4) is 0 Å². The first-order chi connectivity index (χ1) is 22.7. The van der Waals surface area contributed by atoms with E-state index in [-0.39, 0.29) is 35.7 Å². The zero-order chi connectivity index (χ0) is 37.5. The van der Waals surface area contributed by atoms with Gasteiger partial charge >= 0.3 is 5.97 Å². The molecule has 2 amide bonds. The van der Waals surface area contributed by atoms with Crippen molar-refractivity contribution in [1.82, 2.24) is 15.4 Å². The molecule has 0 radical (unpaired) electrons. The van der Waals surface area contributed by atoms with E-state index in [9.17, 15) is 29.7 Å². The number of amides is 2. The molecule has 49 heavy (non-hydrogen) atoms. The van der Waals surface area contributed by atoms with Gasteiger partial charge < -0.3 is 35.0 Å². The molecular weight excluding hydrogens is 634 g/mol. The standard InChI is InChI=1S/C36H55N3O10/c1-22(26(5)39(46)47)17-13-11-14-18-23(2)30(41)34(7,8)32(43)37-20-16-12-15-19-28(40)24(3)21-29(48-10)36(45)25(4)31(42)38(9)35(36)27(6)49-33(35)44/h11-19,24-25,27-30,40-41,45-47H,20-21H2,1-10H3,(H,37,43)/b14-11+,16-12+,17-13+,19-15+,23-18+,26-22+/t24-,25+,27-,28+,29+,30-,35-,36-/m1/s1. The predicted molar refractivity (Wildman–Crippen MR) is 183 cm³/mol. The smallest absolute Gasteiger partial charge is 0.339 e. The molecule has 2 rings (SSSR count). The number of nitrogens with zero attached hydrogens (tertiary/aromatic N) is 2. The molecule has 8 atom stereocenters. The minimum atomic E-state index is -1.87. The van der Waals surface area contributed by atoms with Crippen LogP contribution in [0.25, 0.3) is 0 Å². The van der Waals surface area contributed by atoms with Gasteiger partial charge in [0.2, 0.25) is 17.4 Å². The van der Waals surface area contributed by atoms with Gasteiger partial charge in [0.05, 0.1) is 35.3 Å². The topological polar surface area (TPSA) is 189 Å².